The largest absolute Gasteiger partial charge is 0.394 e. The fraction of sp³-hybridized carbons (Fsp3) is 0.320. The summed E-state index contributed by atoms with van der Waals surface area (Å²) in [5, 5.41) is 13.6. The molecule has 2 aromatic carbocycles. The molecule has 0 aliphatic carbocycles. The van der Waals surface area contributed by atoms with Crippen LogP contribution < -0.4 is 5.32 Å². The molecule has 7 heteroatoms. The van der Waals surface area contributed by atoms with Gasteiger partial charge in [0.1, 0.15) is 11.3 Å². The van der Waals surface area contributed by atoms with Gasteiger partial charge in [-0.3, -0.25) is 0 Å². The van der Waals surface area contributed by atoms with Crippen molar-refractivity contribution in [1.29, 1.82) is 0 Å². The fourth-order valence-electron chi connectivity index (χ4n) is 3.86. The second kappa shape index (κ2) is 9.27. The van der Waals surface area contributed by atoms with Gasteiger partial charge >= 0.3 is 0 Å². The van der Waals surface area contributed by atoms with Crippen LogP contribution in [-0.4, -0.2) is 37.3 Å². The molecule has 6 nitrogen and oxygen atoms in total. The van der Waals surface area contributed by atoms with E-state index in [1.54, 1.807) is 0 Å². The second-order valence-electron chi connectivity index (χ2n) is 8.98. The average Bonchev–Trinajstić information content (AvgIpc) is 3.13. The van der Waals surface area contributed by atoms with Crippen LogP contribution in [0.5, 0.6) is 0 Å². The molecule has 0 bridgehead atoms. The molecule has 4 rings (SSSR count). The smallest absolute Gasteiger partial charge is 0.226 e. The number of hydrogen-bond acceptors (Lipinski definition) is 5. The molecule has 0 fully saturated rings. The van der Waals surface area contributed by atoms with E-state index in [0.717, 1.165) is 22.5 Å². The van der Waals surface area contributed by atoms with Crippen LogP contribution in [0.4, 0.5) is 5.82 Å². The zero-order chi connectivity index (χ0) is 22.7. The van der Waals surface area contributed by atoms with E-state index in [-0.39, 0.29) is 23.3 Å². The first-order valence-corrected chi connectivity index (χ1v) is 11.1. The van der Waals surface area contributed by atoms with Crippen molar-refractivity contribution < 1.29 is 5.11 Å². The SMILES string of the molecule is CC(C)(C)c1nc2nc(Cl)nc(NC(CO)Cc3ccccc3)c2n1Cc1ccccc1. The van der Waals surface area contributed by atoms with Crippen LogP contribution >= 0.6 is 11.6 Å². The Morgan fingerprint density at radius 1 is 0.938 bits per heavy atom. The van der Waals surface area contributed by atoms with E-state index < -0.39 is 0 Å². The summed E-state index contributed by atoms with van der Waals surface area (Å²) in [6, 6.07) is 20.1. The van der Waals surface area contributed by atoms with Gasteiger partial charge in [0, 0.05) is 12.0 Å². The Bertz CT molecular complexity index is 1190. The number of nitrogens with one attached hydrogen (secondary N) is 1. The predicted molar refractivity (Wildman–Crippen MR) is 129 cm³/mol. The molecule has 2 N–H and O–H groups in total. The monoisotopic (exact) mass is 449 g/mol. The van der Waals surface area contributed by atoms with Crippen molar-refractivity contribution in [2.75, 3.05) is 11.9 Å². The van der Waals surface area contributed by atoms with Crippen LogP contribution in [0.2, 0.25) is 5.28 Å². The lowest BCUT2D eigenvalue weighted by atomic mass is 9.95. The Kier molecular flexibility index (Phi) is 6.44. The number of aliphatic hydroxyl groups excluding tert-OH is 1. The molecule has 32 heavy (non-hydrogen) atoms. The zero-order valence-corrected chi connectivity index (χ0v) is 19.3. The molecule has 0 aliphatic heterocycles. The molecule has 0 aliphatic rings. The Hall–Kier alpha value is -2.96. The standard InChI is InChI=1S/C25H28ClN5O/c1-25(2,3)23-28-22-20(31(23)15-18-12-8-5-9-13-18)21(29-24(26)30-22)27-19(16-32)14-17-10-6-4-7-11-17/h4-13,19,32H,14-16H2,1-3H3,(H,27,29,30). The summed E-state index contributed by atoms with van der Waals surface area (Å²) in [6.07, 6.45) is 0.652. The minimum atomic E-state index is -0.232. The molecule has 1 unspecified atom stereocenters. The first-order chi connectivity index (χ1) is 15.3. The van der Waals surface area contributed by atoms with Crippen molar-refractivity contribution in [2.45, 2.75) is 45.2 Å². The maximum absolute atomic E-state index is 10.1. The second-order valence-corrected chi connectivity index (χ2v) is 9.32. The summed E-state index contributed by atoms with van der Waals surface area (Å²) in [6.45, 7) is 6.97. The molecule has 4 aromatic rings. The van der Waals surface area contributed by atoms with E-state index in [1.165, 1.54) is 0 Å². The number of hydrogen-bond donors (Lipinski definition) is 2. The van der Waals surface area contributed by atoms with E-state index in [1.807, 2.05) is 48.5 Å². The number of nitrogens with zero attached hydrogens (tertiary/aromatic N) is 4. The van der Waals surface area contributed by atoms with E-state index in [0.29, 0.717) is 24.4 Å². The number of rotatable bonds is 7. The van der Waals surface area contributed by atoms with Crippen LogP contribution in [0.25, 0.3) is 11.2 Å². The van der Waals surface area contributed by atoms with Gasteiger partial charge in [-0.05, 0) is 29.1 Å². The van der Waals surface area contributed by atoms with Crippen LogP contribution in [0, 0.1) is 0 Å². The molecule has 0 radical (unpaired) electrons. The Morgan fingerprint density at radius 3 is 2.16 bits per heavy atom. The third-order valence-electron chi connectivity index (χ3n) is 5.32. The topological polar surface area (TPSA) is 75.9 Å². The predicted octanol–water partition coefficient (Wildman–Crippen LogP) is 4.84. The number of aromatic nitrogens is 4. The van der Waals surface area contributed by atoms with Gasteiger partial charge in [-0.2, -0.15) is 9.97 Å². The highest BCUT2D eigenvalue weighted by Crippen LogP contribution is 2.31. The van der Waals surface area contributed by atoms with Crippen molar-refractivity contribution in [3.05, 3.63) is 82.9 Å². The van der Waals surface area contributed by atoms with E-state index >= 15 is 0 Å². The lowest BCUT2D eigenvalue weighted by Crippen LogP contribution is -2.27. The van der Waals surface area contributed by atoms with Crippen LogP contribution in [-0.2, 0) is 18.4 Å². The van der Waals surface area contributed by atoms with Gasteiger partial charge in [-0.15, -0.1) is 0 Å². The number of imidazole rings is 1. The molecule has 2 aromatic heterocycles. The number of benzene rings is 2. The van der Waals surface area contributed by atoms with E-state index in [2.05, 4.69) is 52.8 Å². The van der Waals surface area contributed by atoms with Crippen LogP contribution in [0.1, 0.15) is 37.7 Å². The van der Waals surface area contributed by atoms with Crippen molar-refractivity contribution in [3.63, 3.8) is 0 Å². The molecule has 0 saturated carbocycles. The third kappa shape index (κ3) is 4.92. The quantitative estimate of drug-likeness (QED) is 0.395. The maximum Gasteiger partial charge on any atom is 0.226 e. The summed E-state index contributed by atoms with van der Waals surface area (Å²) in [5.41, 5.74) is 3.41. The number of anilines is 1. The molecule has 0 spiro atoms. The van der Waals surface area contributed by atoms with Gasteiger partial charge < -0.3 is 15.0 Å². The van der Waals surface area contributed by atoms with Crippen molar-refractivity contribution in [1.82, 2.24) is 19.5 Å². The minimum absolute atomic E-state index is 0.0447. The van der Waals surface area contributed by atoms with Crippen molar-refractivity contribution >= 4 is 28.6 Å². The number of aliphatic hydroxyl groups is 1. The molecular weight excluding hydrogens is 422 g/mol. The van der Waals surface area contributed by atoms with Gasteiger partial charge in [0.05, 0.1) is 12.6 Å². The Balaban J connectivity index is 1.80. The first-order valence-electron chi connectivity index (χ1n) is 10.7. The molecular formula is C25H28ClN5O. The number of halogens is 1. The lowest BCUT2D eigenvalue weighted by Gasteiger charge is -2.22. The van der Waals surface area contributed by atoms with Gasteiger partial charge in [-0.25, -0.2) is 4.98 Å². The van der Waals surface area contributed by atoms with Gasteiger partial charge in [0.25, 0.3) is 0 Å². The summed E-state index contributed by atoms with van der Waals surface area (Å²) < 4.78 is 2.15. The van der Waals surface area contributed by atoms with E-state index in [4.69, 9.17) is 16.6 Å². The third-order valence-corrected chi connectivity index (χ3v) is 5.49. The summed E-state index contributed by atoms with van der Waals surface area (Å²) in [4.78, 5) is 13.8. The van der Waals surface area contributed by atoms with Crippen LogP contribution in [0.3, 0.4) is 0 Å². The average molecular weight is 450 g/mol. The maximum atomic E-state index is 10.1. The van der Waals surface area contributed by atoms with E-state index in [9.17, 15) is 5.11 Å². The molecule has 2 heterocycles. The zero-order valence-electron chi connectivity index (χ0n) is 18.6. The fourth-order valence-corrected chi connectivity index (χ4v) is 4.02. The Labute approximate surface area is 193 Å². The summed E-state index contributed by atoms with van der Waals surface area (Å²) in [7, 11) is 0. The summed E-state index contributed by atoms with van der Waals surface area (Å²) in [5.74, 6) is 1.48. The summed E-state index contributed by atoms with van der Waals surface area (Å²) >= 11 is 6.27. The Morgan fingerprint density at radius 2 is 1.56 bits per heavy atom. The molecule has 0 amide bonds. The van der Waals surface area contributed by atoms with Gasteiger partial charge in [0.2, 0.25) is 5.28 Å². The highest BCUT2D eigenvalue weighted by atomic mass is 35.5. The molecule has 1 atom stereocenters. The first kappa shape index (κ1) is 22.2. The lowest BCUT2D eigenvalue weighted by molar-refractivity contribution is 0.273. The van der Waals surface area contributed by atoms with Crippen LogP contribution in [0.15, 0.2) is 60.7 Å². The highest BCUT2D eigenvalue weighted by molar-refractivity contribution is 6.28. The van der Waals surface area contributed by atoms with Gasteiger partial charge in [-0.1, -0.05) is 81.4 Å². The highest BCUT2D eigenvalue weighted by Gasteiger charge is 2.27. The molecule has 166 valence electrons. The van der Waals surface area contributed by atoms with Crippen molar-refractivity contribution in [3.8, 4) is 0 Å². The van der Waals surface area contributed by atoms with Crippen molar-refractivity contribution in [2.24, 2.45) is 0 Å². The minimum Gasteiger partial charge on any atom is -0.394 e. The van der Waals surface area contributed by atoms with Gasteiger partial charge in [0.15, 0.2) is 11.5 Å². The normalized spacial score (nSPS) is 12.8. The molecule has 0 saturated heterocycles. The number of fused-ring (bicyclic) bond motifs is 1.